The van der Waals surface area contributed by atoms with Gasteiger partial charge in [-0.15, -0.1) is 0 Å². The molecule has 0 saturated carbocycles. The largest absolute Gasteiger partial charge is 0.546 e. The molecule has 25 heavy (non-hydrogen) atoms. The van der Waals surface area contributed by atoms with Gasteiger partial charge in [0.2, 0.25) is 0 Å². The Labute approximate surface area is 154 Å². The van der Waals surface area contributed by atoms with Gasteiger partial charge in [-0.05, 0) is 20.3 Å². The summed E-state index contributed by atoms with van der Waals surface area (Å²) >= 11 is 0. The van der Waals surface area contributed by atoms with Crippen molar-refractivity contribution in [3.8, 4) is 0 Å². The summed E-state index contributed by atoms with van der Waals surface area (Å²) in [7, 11) is 0. The first-order chi connectivity index (χ1) is 12.0. The summed E-state index contributed by atoms with van der Waals surface area (Å²) < 4.78 is 4.12. The molecule has 4 heteroatoms. The second-order valence-electron chi connectivity index (χ2n) is 7.27. The summed E-state index contributed by atoms with van der Waals surface area (Å²) in [6, 6.07) is -0.607. The average Bonchev–Trinajstić information content (AvgIpc) is 2.91. The van der Waals surface area contributed by atoms with E-state index in [2.05, 4.69) is 18.4 Å². The minimum absolute atomic E-state index is 0.607. The zero-order valence-electron chi connectivity index (χ0n) is 16.9. The smallest absolute Gasteiger partial charge is 0.257 e. The van der Waals surface area contributed by atoms with E-state index in [4.69, 9.17) is 0 Å². The molecule has 0 fully saturated rings. The number of aromatic nitrogens is 2. The van der Waals surface area contributed by atoms with Crippen LogP contribution >= 0.6 is 0 Å². The Morgan fingerprint density at radius 1 is 1.04 bits per heavy atom. The molecule has 0 bridgehead atoms. The number of rotatable bonds is 14. The van der Waals surface area contributed by atoms with Crippen LogP contribution in [0, 0.1) is 6.92 Å². The highest BCUT2D eigenvalue weighted by Crippen LogP contribution is 2.13. The van der Waals surface area contributed by atoms with Crippen molar-refractivity contribution in [2.75, 3.05) is 0 Å². The molecule has 1 aromatic rings. The van der Waals surface area contributed by atoms with Crippen molar-refractivity contribution in [2.45, 2.75) is 111 Å². The molecular formula is C21H38N2O2. The predicted molar refractivity (Wildman–Crippen MR) is 100 cm³/mol. The van der Waals surface area contributed by atoms with E-state index >= 15 is 0 Å². The third-order valence-electron chi connectivity index (χ3n) is 5.19. The number of imidazole rings is 1. The second-order valence-corrected chi connectivity index (χ2v) is 7.27. The van der Waals surface area contributed by atoms with E-state index in [1.807, 2.05) is 17.7 Å². The lowest BCUT2D eigenvalue weighted by Crippen LogP contribution is -2.49. The number of aryl methyl sites for hydroxylation is 1. The molecule has 0 saturated heterocycles. The number of carbonyl (C=O) groups is 1. The van der Waals surface area contributed by atoms with Crippen molar-refractivity contribution in [1.29, 1.82) is 0 Å². The molecule has 1 atom stereocenters. The van der Waals surface area contributed by atoms with Crippen LogP contribution < -0.4 is 9.67 Å². The Kier molecular flexibility index (Phi) is 10.5. The van der Waals surface area contributed by atoms with Gasteiger partial charge in [-0.2, -0.15) is 0 Å². The SMILES string of the molecule is CCCCCCCCCCCCc1n(CC)c(C)c[n+]1C(C)C(=O)[O-]. The molecule has 1 unspecified atom stereocenters. The minimum Gasteiger partial charge on any atom is -0.546 e. The van der Waals surface area contributed by atoms with Crippen LogP contribution in [0.4, 0.5) is 0 Å². The molecule has 4 nitrogen and oxygen atoms in total. The standard InChI is InChI=1S/C21H38N2O2/c1-5-7-8-9-10-11-12-13-14-15-16-20-22(6-2)18(3)17-23(20)19(4)21(24)25/h17,19H,5-16H2,1-4H3. The Morgan fingerprint density at radius 2 is 1.56 bits per heavy atom. The number of hydrogen-bond donors (Lipinski definition) is 0. The van der Waals surface area contributed by atoms with Gasteiger partial charge < -0.3 is 9.90 Å². The lowest BCUT2D eigenvalue weighted by atomic mass is 10.1. The van der Waals surface area contributed by atoms with E-state index in [-0.39, 0.29) is 0 Å². The van der Waals surface area contributed by atoms with Crippen molar-refractivity contribution in [2.24, 2.45) is 0 Å². The lowest BCUT2D eigenvalue weighted by molar-refractivity contribution is -0.719. The van der Waals surface area contributed by atoms with Gasteiger partial charge in [-0.25, -0.2) is 9.13 Å². The van der Waals surface area contributed by atoms with E-state index in [1.54, 1.807) is 6.92 Å². The second kappa shape index (κ2) is 12.1. The summed E-state index contributed by atoms with van der Waals surface area (Å²) in [5.41, 5.74) is 1.12. The number of carboxylic acids is 1. The number of aliphatic carboxylic acids is 1. The zero-order chi connectivity index (χ0) is 18.7. The van der Waals surface area contributed by atoms with Crippen molar-refractivity contribution in [1.82, 2.24) is 4.57 Å². The topological polar surface area (TPSA) is 48.9 Å². The highest BCUT2D eigenvalue weighted by molar-refractivity contribution is 5.66. The molecule has 0 aliphatic carbocycles. The predicted octanol–water partition coefficient (Wildman–Crippen LogP) is 3.88. The first-order valence-electron chi connectivity index (χ1n) is 10.3. The monoisotopic (exact) mass is 350 g/mol. The van der Waals surface area contributed by atoms with Crippen LogP contribution in [0.3, 0.4) is 0 Å². The van der Waals surface area contributed by atoms with Gasteiger partial charge in [0, 0.05) is 13.3 Å². The maximum atomic E-state index is 11.3. The Hall–Kier alpha value is -1.32. The average molecular weight is 351 g/mol. The number of carbonyl (C=O) groups excluding carboxylic acids is 1. The van der Waals surface area contributed by atoms with Crippen LogP contribution in [0.15, 0.2) is 6.20 Å². The maximum Gasteiger partial charge on any atom is 0.257 e. The van der Waals surface area contributed by atoms with Crippen molar-refractivity contribution < 1.29 is 14.5 Å². The third-order valence-corrected chi connectivity index (χ3v) is 5.19. The first-order valence-corrected chi connectivity index (χ1v) is 10.3. The highest BCUT2D eigenvalue weighted by Gasteiger charge is 2.23. The molecule has 0 aliphatic rings. The molecule has 0 radical (unpaired) electrons. The van der Waals surface area contributed by atoms with Crippen LogP contribution in [0.2, 0.25) is 0 Å². The Balaban J connectivity index is 2.38. The van der Waals surface area contributed by atoms with Gasteiger partial charge in [0.15, 0.2) is 0 Å². The minimum atomic E-state index is -1.01. The van der Waals surface area contributed by atoms with E-state index in [0.717, 1.165) is 30.9 Å². The van der Waals surface area contributed by atoms with Crippen LogP contribution in [0.5, 0.6) is 0 Å². The van der Waals surface area contributed by atoms with Crippen LogP contribution in [0.25, 0.3) is 0 Å². The number of nitrogens with zero attached hydrogens (tertiary/aromatic N) is 2. The van der Waals surface area contributed by atoms with Gasteiger partial charge in [-0.3, -0.25) is 0 Å². The fraction of sp³-hybridized carbons (Fsp3) is 0.810. The van der Waals surface area contributed by atoms with Crippen LogP contribution in [0.1, 0.15) is 103 Å². The van der Waals surface area contributed by atoms with Gasteiger partial charge in [0.05, 0.1) is 12.5 Å². The van der Waals surface area contributed by atoms with E-state index in [9.17, 15) is 9.90 Å². The van der Waals surface area contributed by atoms with Crippen LogP contribution in [-0.4, -0.2) is 10.5 Å². The fourth-order valence-electron chi connectivity index (χ4n) is 3.60. The van der Waals surface area contributed by atoms with Crippen molar-refractivity contribution in [3.63, 3.8) is 0 Å². The molecule has 0 amide bonds. The van der Waals surface area contributed by atoms with Crippen LogP contribution in [-0.2, 0) is 17.8 Å². The van der Waals surface area contributed by atoms with Crippen molar-refractivity contribution in [3.05, 3.63) is 17.7 Å². The van der Waals surface area contributed by atoms with Crippen molar-refractivity contribution >= 4 is 5.97 Å². The van der Waals surface area contributed by atoms with Gasteiger partial charge in [-0.1, -0.05) is 64.7 Å². The van der Waals surface area contributed by atoms with E-state index in [1.165, 1.54) is 57.8 Å². The Morgan fingerprint density at radius 3 is 2.04 bits per heavy atom. The molecule has 0 aromatic carbocycles. The third kappa shape index (κ3) is 7.21. The maximum absolute atomic E-state index is 11.3. The molecule has 144 valence electrons. The Bertz CT molecular complexity index is 508. The fourth-order valence-corrected chi connectivity index (χ4v) is 3.60. The quantitative estimate of drug-likeness (QED) is 0.378. The number of hydrogen-bond acceptors (Lipinski definition) is 2. The molecule has 0 N–H and O–H groups in total. The van der Waals surface area contributed by atoms with Gasteiger partial charge in [0.25, 0.3) is 5.82 Å². The summed E-state index contributed by atoms with van der Waals surface area (Å²) in [6.45, 7) is 9.00. The number of unbranched alkanes of at least 4 members (excludes halogenated alkanes) is 9. The summed E-state index contributed by atoms with van der Waals surface area (Å²) in [4.78, 5) is 11.3. The number of carboxylic acid groups (broad SMARTS) is 1. The molecule has 1 aromatic heterocycles. The zero-order valence-corrected chi connectivity index (χ0v) is 16.9. The summed E-state index contributed by atoms with van der Waals surface area (Å²) in [6.07, 6.45) is 16.1. The molecule has 1 rings (SSSR count). The van der Waals surface area contributed by atoms with E-state index < -0.39 is 12.0 Å². The molecular weight excluding hydrogens is 312 g/mol. The molecule has 0 spiro atoms. The molecule has 1 heterocycles. The first kappa shape index (κ1) is 21.7. The van der Waals surface area contributed by atoms with Gasteiger partial charge >= 0.3 is 0 Å². The summed E-state index contributed by atoms with van der Waals surface area (Å²) in [5, 5.41) is 11.3. The lowest BCUT2D eigenvalue weighted by Gasteiger charge is -2.12. The highest BCUT2D eigenvalue weighted by atomic mass is 16.4. The van der Waals surface area contributed by atoms with Gasteiger partial charge in [0.1, 0.15) is 17.9 Å². The normalized spacial score (nSPS) is 12.5. The van der Waals surface area contributed by atoms with E-state index in [0.29, 0.717) is 0 Å². The molecule has 0 aliphatic heterocycles. The summed E-state index contributed by atoms with van der Waals surface area (Å²) in [5.74, 6) is 0.110.